The van der Waals surface area contributed by atoms with E-state index in [1.807, 2.05) is 12.1 Å². The molecule has 1 N–H and O–H groups in total. The minimum Gasteiger partial charge on any atom is -0.469 e. The molecule has 0 spiro atoms. The number of carbonyl (C=O) groups excluding carboxylic acids is 1. The fourth-order valence-corrected chi connectivity index (χ4v) is 3.71. The predicted octanol–water partition coefficient (Wildman–Crippen LogP) is 2.35. The second kappa shape index (κ2) is 6.00. The van der Waals surface area contributed by atoms with Crippen LogP contribution in [0.15, 0.2) is 22.8 Å². The van der Waals surface area contributed by atoms with Gasteiger partial charge in [0.2, 0.25) is 5.91 Å². The number of amides is 1. The summed E-state index contributed by atoms with van der Waals surface area (Å²) in [6, 6.07) is 3.85. The summed E-state index contributed by atoms with van der Waals surface area (Å²) in [5, 5.41) is 3.14. The minimum atomic E-state index is -0.209. The number of carbonyl (C=O) groups is 1. The summed E-state index contributed by atoms with van der Waals surface area (Å²) >= 11 is 0. The number of rotatable bonds is 5. The summed E-state index contributed by atoms with van der Waals surface area (Å²) < 4.78 is 5.30. The molecule has 1 aromatic heterocycles. The minimum absolute atomic E-state index is 0.209. The lowest BCUT2D eigenvalue weighted by Gasteiger charge is -2.37. The number of nitrogens with one attached hydrogen (secondary N) is 1. The summed E-state index contributed by atoms with van der Waals surface area (Å²) in [5.74, 6) is 1.18. The van der Waals surface area contributed by atoms with Crippen molar-refractivity contribution in [3.63, 3.8) is 0 Å². The van der Waals surface area contributed by atoms with Gasteiger partial charge in [-0.3, -0.25) is 9.69 Å². The molecule has 1 aliphatic carbocycles. The van der Waals surface area contributed by atoms with E-state index in [9.17, 15) is 4.79 Å². The van der Waals surface area contributed by atoms with Crippen LogP contribution in [0.1, 0.15) is 44.3 Å². The molecule has 4 nitrogen and oxygen atoms in total. The van der Waals surface area contributed by atoms with Crippen LogP contribution in [0.2, 0.25) is 0 Å². The van der Waals surface area contributed by atoms with E-state index in [2.05, 4.69) is 10.2 Å². The first-order valence-corrected chi connectivity index (χ1v) is 7.87. The van der Waals surface area contributed by atoms with Gasteiger partial charge in [0.1, 0.15) is 11.3 Å². The normalized spacial score (nSPS) is 22.2. The molecule has 0 radical (unpaired) electrons. The highest BCUT2D eigenvalue weighted by Gasteiger charge is 2.46. The highest BCUT2D eigenvalue weighted by Crippen LogP contribution is 2.37. The number of nitrogens with zero attached hydrogens (tertiary/aromatic N) is 1. The second-order valence-corrected chi connectivity index (χ2v) is 6.02. The van der Waals surface area contributed by atoms with Gasteiger partial charge in [0.25, 0.3) is 0 Å². The Morgan fingerprint density at radius 3 is 2.65 bits per heavy atom. The Hall–Kier alpha value is -1.29. The van der Waals surface area contributed by atoms with Crippen LogP contribution in [-0.2, 0) is 11.2 Å². The average molecular weight is 276 g/mol. The highest BCUT2D eigenvalue weighted by atomic mass is 16.3. The lowest BCUT2D eigenvalue weighted by Crippen LogP contribution is -2.56. The lowest BCUT2D eigenvalue weighted by atomic mass is 9.94. The molecule has 3 rings (SSSR count). The summed E-state index contributed by atoms with van der Waals surface area (Å²) in [4.78, 5) is 15.1. The van der Waals surface area contributed by atoms with E-state index in [1.54, 1.807) is 6.26 Å². The van der Waals surface area contributed by atoms with Crippen molar-refractivity contribution >= 4 is 5.91 Å². The van der Waals surface area contributed by atoms with Crippen LogP contribution >= 0.6 is 0 Å². The van der Waals surface area contributed by atoms with Crippen LogP contribution < -0.4 is 5.32 Å². The third-order valence-corrected chi connectivity index (χ3v) is 4.80. The van der Waals surface area contributed by atoms with Gasteiger partial charge in [0.15, 0.2) is 0 Å². The maximum Gasteiger partial charge on any atom is 0.240 e. The largest absolute Gasteiger partial charge is 0.469 e. The van der Waals surface area contributed by atoms with Crippen molar-refractivity contribution < 1.29 is 9.21 Å². The quantitative estimate of drug-likeness (QED) is 0.898. The summed E-state index contributed by atoms with van der Waals surface area (Å²) in [5.41, 5.74) is -0.209. The van der Waals surface area contributed by atoms with Gasteiger partial charge in [0, 0.05) is 13.0 Å². The molecule has 2 heterocycles. The zero-order chi connectivity index (χ0) is 13.8. The van der Waals surface area contributed by atoms with Gasteiger partial charge in [-0.05, 0) is 50.9 Å². The Morgan fingerprint density at radius 2 is 2.00 bits per heavy atom. The first kappa shape index (κ1) is 13.7. The first-order chi connectivity index (χ1) is 9.81. The molecule has 1 amide bonds. The molecule has 0 atom stereocenters. The van der Waals surface area contributed by atoms with Gasteiger partial charge >= 0.3 is 0 Å². The van der Waals surface area contributed by atoms with Crippen LogP contribution in [-0.4, -0.2) is 36.0 Å². The van der Waals surface area contributed by atoms with Crippen molar-refractivity contribution in [2.75, 3.05) is 19.6 Å². The van der Waals surface area contributed by atoms with Crippen LogP contribution in [0.4, 0.5) is 0 Å². The number of furan rings is 1. The summed E-state index contributed by atoms with van der Waals surface area (Å²) in [6.07, 6.45) is 9.35. The zero-order valence-corrected chi connectivity index (χ0v) is 12.1. The fraction of sp³-hybridized carbons (Fsp3) is 0.688. The van der Waals surface area contributed by atoms with E-state index in [-0.39, 0.29) is 11.4 Å². The van der Waals surface area contributed by atoms with Gasteiger partial charge in [-0.15, -0.1) is 0 Å². The van der Waals surface area contributed by atoms with E-state index < -0.39 is 0 Å². The van der Waals surface area contributed by atoms with Crippen LogP contribution in [0.25, 0.3) is 0 Å². The Kier molecular flexibility index (Phi) is 4.10. The van der Waals surface area contributed by atoms with Crippen molar-refractivity contribution in [2.24, 2.45) is 0 Å². The van der Waals surface area contributed by atoms with Crippen molar-refractivity contribution in [3.8, 4) is 0 Å². The lowest BCUT2D eigenvalue weighted by molar-refractivity contribution is -0.132. The molecule has 1 saturated carbocycles. The zero-order valence-electron chi connectivity index (χ0n) is 12.1. The van der Waals surface area contributed by atoms with E-state index in [0.29, 0.717) is 6.54 Å². The molecular formula is C16H24N2O2. The van der Waals surface area contributed by atoms with Gasteiger partial charge in [-0.1, -0.05) is 12.8 Å². The Labute approximate surface area is 120 Å². The number of likely N-dealkylation sites (tertiary alicyclic amines) is 1. The van der Waals surface area contributed by atoms with E-state index in [1.165, 1.54) is 25.7 Å². The topological polar surface area (TPSA) is 45.5 Å². The fourth-order valence-electron chi connectivity index (χ4n) is 3.71. The molecule has 1 aliphatic heterocycles. The van der Waals surface area contributed by atoms with Crippen molar-refractivity contribution in [3.05, 3.63) is 24.2 Å². The molecule has 0 aromatic carbocycles. The third-order valence-electron chi connectivity index (χ3n) is 4.80. The maximum absolute atomic E-state index is 12.7. The van der Waals surface area contributed by atoms with Crippen molar-refractivity contribution in [1.29, 1.82) is 0 Å². The Morgan fingerprint density at radius 1 is 1.25 bits per heavy atom. The monoisotopic (exact) mass is 276 g/mol. The van der Waals surface area contributed by atoms with Gasteiger partial charge in [-0.25, -0.2) is 0 Å². The Balaban J connectivity index is 1.58. The second-order valence-electron chi connectivity index (χ2n) is 6.02. The SMILES string of the molecule is O=C(NCCc1ccco1)C1(N2CCCC2)CCCC1. The molecule has 0 bridgehead atoms. The molecule has 20 heavy (non-hydrogen) atoms. The first-order valence-electron chi connectivity index (χ1n) is 7.87. The molecular weight excluding hydrogens is 252 g/mol. The third kappa shape index (κ3) is 2.62. The molecule has 1 aromatic rings. The average Bonchev–Trinajstić information content (AvgIpc) is 3.20. The van der Waals surface area contributed by atoms with Crippen molar-refractivity contribution in [2.45, 2.75) is 50.5 Å². The number of hydrogen-bond donors (Lipinski definition) is 1. The van der Waals surface area contributed by atoms with Crippen LogP contribution in [0, 0.1) is 0 Å². The van der Waals surface area contributed by atoms with Gasteiger partial charge < -0.3 is 9.73 Å². The Bertz CT molecular complexity index is 429. The van der Waals surface area contributed by atoms with Crippen molar-refractivity contribution in [1.82, 2.24) is 10.2 Å². The van der Waals surface area contributed by atoms with Gasteiger partial charge in [0.05, 0.1) is 6.26 Å². The maximum atomic E-state index is 12.7. The van der Waals surface area contributed by atoms with E-state index >= 15 is 0 Å². The summed E-state index contributed by atoms with van der Waals surface area (Å²) in [6.45, 7) is 2.85. The molecule has 2 fully saturated rings. The van der Waals surface area contributed by atoms with E-state index in [4.69, 9.17) is 4.42 Å². The standard InChI is InChI=1S/C16H24N2O2/c19-15(17-10-7-14-6-5-13-20-14)16(8-1-2-9-16)18-11-3-4-12-18/h5-6,13H,1-4,7-12H2,(H,17,19). The smallest absolute Gasteiger partial charge is 0.240 e. The predicted molar refractivity (Wildman–Crippen MR) is 77.4 cm³/mol. The van der Waals surface area contributed by atoms with Crippen LogP contribution in [0.5, 0.6) is 0 Å². The molecule has 0 unspecified atom stereocenters. The highest BCUT2D eigenvalue weighted by molar-refractivity contribution is 5.86. The van der Waals surface area contributed by atoms with Gasteiger partial charge in [-0.2, -0.15) is 0 Å². The summed E-state index contributed by atoms with van der Waals surface area (Å²) in [7, 11) is 0. The van der Waals surface area contributed by atoms with Crippen LogP contribution in [0.3, 0.4) is 0 Å². The molecule has 4 heteroatoms. The number of hydrogen-bond acceptors (Lipinski definition) is 3. The molecule has 110 valence electrons. The van der Waals surface area contributed by atoms with E-state index in [0.717, 1.165) is 38.1 Å². The molecule has 2 aliphatic rings. The molecule has 1 saturated heterocycles.